The van der Waals surface area contributed by atoms with Crippen LogP contribution in [0.3, 0.4) is 0 Å². The first-order chi connectivity index (χ1) is 10.2. The summed E-state index contributed by atoms with van der Waals surface area (Å²) < 4.78 is 15.8. The van der Waals surface area contributed by atoms with Crippen molar-refractivity contribution in [2.24, 2.45) is 7.05 Å². The molecule has 1 aromatic heterocycles. The molecule has 1 atom stereocenters. The standard InChI is InChI=1S/C17H24FN3/c1-3-10-19-12-15(16-6-4-5-7-17(16)18)9-8-14-11-20-21(2)13-14/h4-7,11,13,15,19H,3,8-10,12H2,1-2H3. The Morgan fingerprint density at radius 2 is 2.14 bits per heavy atom. The van der Waals surface area contributed by atoms with Crippen LogP contribution >= 0.6 is 0 Å². The van der Waals surface area contributed by atoms with Gasteiger partial charge in [0.2, 0.25) is 0 Å². The molecule has 1 unspecified atom stereocenters. The smallest absolute Gasteiger partial charge is 0.126 e. The summed E-state index contributed by atoms with van der Waals surface area (Å²) in [5, 5.41) is 7.60. The number of halogens is 1. The summed E-state index contributed by atoms with van der Waals surface area (Å²) >= 11 is 0. The van der Waals surface area contributed by atoms with E-state index in [0.29, 0.717) is 0 Å². The Balaban J connectivity index is 2.03. The second kappa shape index (κ2) is 7.93. The van der Waals surface area contributed by atoms with E-state index in [2.05, 4.69) is 17.3 Å². The minimum absolute atomic E-state index is 0.105. The van der Waals surface area contributed by atoms with Gasteiger partial charge < -0.3 is 5.32 Å². The van der Waals surface area contributed by atoms with Crippen molar-refractivity contribution >= 4 is 0 Å². The van der Waals surface area contributed by atoms with Crippen molar-refractivity contribution in [1.29, 1.82) is 0 Å². The summed E-state index contributed by atoms with van der Waals surface area (Å²) in [4.78, 5) is 0. The quantitative estimate of drug-likeness (QED) is 0.756. The lowest BCUT2D eigenvalue weighted by atomic mass is 9.92. The zero-order chi connectivity index (χ0) is 15.1. The van der Waals surface area contributed by atoms with Crippen LogP contribution in [0.4, 0.5) is 4.39 Å². The highest BCUT2D eigenvalue weighted by Gasteiger charge is 2.15. The number of aryl methyl sites for hydroxylation is 2. The monoisotopic (exact) mass is 289 g/mol. The summed E-state index contributed by atoms with van der Waals surface area (Å²) in [6.07, 6.45) is 6.84. The second-order valence-electron chi connectivity index (χ2n) is 5.48. The highest BCUT2D eigenvalue weighted by Crippen LogP contribution is 2.23. The number of rotatable bonds is 8. The van der Waals surface area contributed by atoms with E-state index in [0.717, 1.165) is 37.9 Å². The van der Waals surface area contributed by atoms with Crippen LogP contribution in [-0.4, -0.2) is 22.9 Å². The molecule has 0 aliphatic carbocycles. The molecule has 2 aromatic rings. The Labute approximate surface area is 126 Å². The van der Waals surface area contributed by atoms with Gasteiger partial charge in [-0.25, -0.2) is 4.39 Å². The van der Waals surface area contributed by atoms with Crippen LogP contribution in [0.15, 0.2) is 36.7 Å². The van der Waals surface area contributed by atoms with Crippen LogP contribution in [0.25, 0.3) is 0 Å². The van der Waals surface area contributed by atoms with E-state index in [1.807, 2.05) is 36.3 Å². The van der Waals surface area contributed by atoms with E-state index >= 15 is 0 Å². The SMILES string of the molecule is CCCNCC(CCc1cnn(C)c1)c1ccccc1F. The zero-order valence-corrected chi connectivity index (χ0v) is 12.8. The summed E-state index contributed by atoms with van der Waals surface area (Å²) in [6, 6.07) is 7.11. The summed E-state index contributed by atoms with van der Waals surface area (Å²) in [6.45, 7) is 3.92. The van der Waals surface area contributed by atoms with Gasteiger partial charge in [-0.3, -0.25) is 4.68 Å². The van der Waals surface area contributed by atoms with Crippen molar-refractivity contribution in [2.75, 3.05) is 13.1 Å². The minimum atomic E-state index is -0.105. The molecule has 0 aliphatic rings. The number of nitrogens with one attached hydrogen (secondary N) is 1. The Morgan fingerprint density at radius 3 is 2.81 bits per heavy atom. The van der Waals surface area contributed by atoms with E-state index in [4.69, 9.17) is 0 Å². The molecule has 0 radical (unpaired) electrons. The third-order valence-electron chi connectivity index (χ3n) is 3.70. The summed E-state index contributed by atoms with van der Waals surface area (Å²) in [5.41, 5.74) is 2.01. The fourth-order valence-electron chi connectivity index (χ4n) is 2.57. The van der Waals surface area contributed by atoms with Gasteiger partial charge in [0.05, 0.1) is 6.20 Å². The molecule has 3 nitrogen and oxygen atoms in total. The Morgan fingerprint density at radius 1 is 1.33 bits per heavy atom. The fourth-order valence-corrected chi connectivity index (χ4v) is 2.57. The minimum Gasteiger partial charge on any atom is -0.316 e. The van der Waals surface area contributed by atoms with E-state index in [1.54, 1.807) is 12.1 Å². The number of benzene rings is 1. The maximum Gasteiger partial charge on any atom is 0.126 e. The van der Waals surface area contributed by atoms with Gasteiger partial charge in [0.1, 0.15) is 5.82 Å². The van der Waals surface area contributed by atoms with Crippen molar-refractivity contribution in [3.8, 4) is 0 Å². The first-order valence-corrected chi connectivity index (χ1v) is 7.63. The van der Waals surface area contributed by atoms with Gasteiger partial charge in [-0.2, -0.15) is 5.10 Å². The Hall–Kier alpha value is -1.68. The van der Waals surface area contributed by atoms with E-state index in [9.17, 15) is 4.39 Å². The molecule has 21 heavy (non-hydrogen) atoms. The summed E-state index contributed by atoms with van der Waals surface area (Å²) in [7, 11) is 1.92. The predicted octanol–water partition coefficient (Wildman–Crippen LogP) is 3.28. The van der Waals surface area contributed by atoms with Crippen molar-refractivity contribution in [2.45, 2.75) is 32.1 Å². The van der Waals surface area contributed by atoms with Gasteiger partial charge in [-0.15, -0.1) is 0 Å². The molecule has 4 heteroatoms. The molecule has 0 amide bonds. The zero-order valence-electron chi connectivity index (χ0n) is 12.8. The normalized spacial score (nSPS) is 12.5. The van der Waals surface area contributed by atoms with Gasteiger partial charge in [-0.1, -0.05) is 25.1 Å². The van der Waals surface area contributed by atoms with Crippen molar-refractivity contribution in [1.82, 2.24) is 15.1 Å². The number of hydrogen-bond donors (Lipinski definition) is 1. The number of nitrogens with zero attached hydrogens (tertiary/aromatic N) is 2. The first-order valence-electron chi connectivity index (χ1n) is 7.63. The van der Waals surface area contributed by atoms with Crippen LogP contribution in [0.1, 0.15) is 36.8 Å². The largest absolute Gasteiger partial charge is 0.316 e. The Bertz CT molecular complexity index is 550. The molecule has 114 valence electrons. The summed E-state index contributed by atoms with van der Waals surface area (Å²) in [5.74, 6) is 0.0879. The predicted molar refractivity (Wildman–Crippen MR) is 83.8 cm³/mol. The average Bonchev–Trinajstić information content (AvgIpc) is 2.89. The Kier molecular flexibility index (Phi) is 5.93. The van der Waals surface area contributed by atoms with Gasteiger partial charge >= 0.3 is 0 Å². The number of aromatic nitrogens is 2. The maximum absolute atomic E-state index is 14.0. The van der Waals surface area contributed by atoms with Crippen molar-refractivity contribution < 1.29 is 4.39 Å². The van der Waals surface area contributed by atoms with Crippen LogP contribution in [0.5, 0.6) is 0 Å². The van der Waals surface area contributed by atoms with Crippen LogP contribution in [0.2, 0.25) is 0 Å². The number of hydrogen-bond acceptors (Lipinski definition) is 2. The van der Waals surface area contributed by atoms with E-state index in [-0.39, 0.29) is 11.7 Å². The molecule has 2 rings (SSSR count). The van der Waals surface area contributed by atoms with Crippen LogP contribution < -0.4 is 5.32 Å². The van der Waals surface area contributed by atoms with E-state index in [1.165, 1.54) is 5.56 Å². The van der Waals surface area contributed by atoms with E-state index < -0.39 is 0 Å². The molecule has 1 N–H and O–H groups in total. The third-order valence-corrected chi connectivity index (χ3v) is 3.70. The maximum atomic E-state index is 14.0. The molecule has 1 heterocycles. The molecule has 0 aliphatic heterocycles. The van der Waals surface area contributed by atoms with Crippen molar-refractivity contribution in [3.63, 3.8) is 0 Å². The topological polar surface area (TPSA) is 29.9 Å². The fraction of sp³-hybridized carbons (Fsp3) is 0.471. The molecule has 0 saturated carbocycles. The molecule has 0 spiro atoms. The highest BCUT2D eigenvalue weighted by atomic mass is 19.1. The first kappa shape index (κ1) is 15.7. The lowest BCUT2D eigenvalue weighted by molar-refractivity contribution is 0.516. The molecule has 0 saturated heterocycles. The lowest BCUT2D eigenvalue weighted by Gasteiger charge is -2.18. The molecular formula is C17H24FN3. The average molecular weight is 289 g/mol. The van der Waals surface area contributed by atoms with Gasteiger partial charge in [0, 0.05) is 19.8 Å². The molecule has 0 bridgehead atoms. The van der Waals surface area contributed by atoms with Gasteiger partial charge in [0.25, 0.3) is 0 Å². The third kappa shape index (κ3) is 4.67. The molecular weight excluding hydrogens is 265 g/mol. The van der Waals surface area contributed by atoms with Gasteiger partial charge in [-0.05, 0) is 48.9 Å². The van der Waals surface area contributed by atoms with Crippen LogP contribution in [0, 0.1) is 5.82 Å². The van der Waals surface area contributed by atoms with Crippen LogP contribution in [-0.2, 0) is 13.5 Å². The molecule has 0 fully saturated rings. The molecule has 1 aromatic carbocycles. The van der Waals surface area contributed by atoms with Gasteiger partial charge in [0.15, 0.2) is 0 Å². The highest BCUT2D eigenvalue weighted by molar-refractivity contribution is 5.22. The van der Waals surface area contributed by atoms with Crippen molar-refractivity contribution in [3.05, 3.63) is 53.6 Å². The lowest BCUT2D eigenvalue weighted by Crippen LogP contribution is -2.23. The second-order valence-corrected chi connectivity index (χ2v) is 5.48.